The largest absolute Gasteiger partial charge is 0.382 e. The standard InChI is InChI=1S/C15H26N5O4P/c1-11(2)23-25(21,24-12(3)4)7-5-6-22-10-20-9-19-13-14(16)17-8-18-15(13)20/h8-9,11-12H,5-7,10H2,1-4H3,(H2,16,17,18). The molecule has 0 atom stereocenters. The van der Waals surface area contributed by atoms with Crippen LogP contribution in [-0.4, -0.2) is 44.5 Å². The molecule has 140 valence electrons. The summed E-state index contributed by atoms with van der Waals surface area (Å²) in [5.74, 6) is 0.335. The van der Waals surface area contributed by atoms with Gasteiger partial charge >= 0.3 is 7.60 Å². The molecule has 0 fully saturated rings. The van der Waals surface area contributed by atoms with E-state index in [1.165, 1.54) is 6.33 Å². The maximum atomic E-state index is 12.7. The third kappa shape index (κ3) is 5.74. The second-order valence-electron chi connectivity index (χ2n) is 6.18. The number of aromatic nitrogens is 4. The van der Waals surface area contributed by atoms with Gasteiger partial charge < -0.3 is 19.5 Å². The average Bonchev–Trinajstić information content (AvgIpc) is 2.90. The topological polar surface area (TPSA) is 114 Å². The summed E-state index contributed by atoms with van der Waals surface area (Å²) in [5.41, 5.74) is 6.91. The van der Waals surface area contributed by atoms with Crippen LogP contribution in [0.4, 0.5) is 5.82 Å². The van der Waals surface area contributed by atoms with Crippen molar-refractivity contribution in [3.63, 3.8) is 0 Å². The van der Waals surface area contributed by atoms with E-state index < -0.39 is 7.60 Å². The normalized spacial score (nSPS) is 12.6. The molecule has 0 saturated carbocycles. The summed E-state index contributed by atoms with van der Waals surface area (Å²) in [4.78, 5) is 12.2. The van der Waals surface area contributed by atoms with Crippen LogP contribution in [0.15, 0.2) is 12.7 Å². The first-order valence-electron chi connectivity index (χ1n) is 8.25. The molecule has 0 saturated heterocycles. The molecule has 0 aliphatic carbocycles. The second-order valence-corrected chi connectivity index (χ2v) is 8.27. The fourth-order valence-corrected chi connectivity index (χ4v) is 4.35. The van der Waals surface area contributed by atoms with Crippen LogP contribution in [0.3, 0.4) is 0 Å². The molecule has 0 amide bonds. The summed E-state index contributed by atoms with van der Waals surface area (Å²) in [5, 5.41) is 0. The quantitative estimate of drug-likeness (QED) is 0.501. The number of imidazole rings is 1. The average molecular weight is 371 g/mol. The highest BCUT2D eigenvalue weighted by Gasteiger charge is 2.27. The van der Waals surface area contributed by atoms with E-state index in [-0.39, 0.29) is 18.9 Å². The number of hydrogen-bond acceptors (Lipinski definition) is 8. The van der Waals surface area contributed by atoms with Crippen LogP contribution in [0.1, 0.15) is 34.1 Å². The molecule has 0 aliphatic heterocycles. The minimum Gasteiger partial charge on any atom is -0.382 e. The van der Waals surface area contributed by atoms with Gasteiger partial charge in [0.15, 0.2) is 11.5 Å². The van der Waals surface area contributed by atoms with E-state index in [0.29, 0.717) is 36.2 Å². The molecule has 9 nitrogen and oxygen atoms in total. The third-order valence-electron chi connectivity index (χ3n) is 3.12. The first kappa shape index (κ1) is 19.8. The predicted octanol–water partition coefficient (Wildman–Crippen LogP) is 2.82. The first-order chi connectivity index (χ1) is 11.8. The van der Waals surface area contributed by atoms with Crippen molar-refractivity contribution in [1.29, 1.82) is 0 Å². The van der Waals surface area contributed by atoms with Crippen LogP contribution in [0.25, 0.3) is 11.2 Å². The number of nitrogens with two attached hydrogens (primary N) is 1. The highest BCUT2D eigenvalue weighted by Crippen LogP contribution is 2.50. The van der Waals surface area contributed by atoms with Crippen molar-refractivity contribution in [2.75, 3.05) is 18.5 Å². The molecule has 0 aliphatic rings. The number of rotatable bonds is 10. The van der Waals surface area contributed by atoms with Gasteiger partial charge in [0, 0.05) is 6.61 Å². The second kappa shape index (κ2) is 8.71. The molecule has 25 heavy (non-hydrogen) atoms. The lowest BCUT2D eigenvalue weighted by atomic mass is 10.5. The minimum absolute atomic E-state index is 0.159. The molecule has 2 N–H and O–H groups in total. The summed E-state index contributed by atoms with van der Waals surface area (Å²) in [7, 11) is -3.11. The SMILES string of the molecule is CC(C)OP(=O)(CCCOCn1cnc2c(N)ncnc21)OC(C)C. The van der Waals surface area contributed by atoms with E-state index in [4.69, 9.17) is 19.5 Å². The van der Waals surface area contributed by atoms with E-state index in [2.05, 4.69) is 15.0 Å². The van der Waals surface area contributed by atoms with E-state index in [1.54, 1.807) is 10.9 Å². The summed E-state index contributed by atoms with van der Waals surface area (Å²) in [6.07, 6.45) is 3.54. The van der Waals surface area contributed by atoms with Gasteiger partial charge in [-0.15, -0.1) is 0 Å². The highest BCUT2D eigenvalue weighted by atomic mass is 31.2. The fraction of sp³-hybridized carbons (Fsp3) is 0.667. The molecule has 2 heterocycles. The van der Waals surface area contributed by atoms with Crippen molar-refractivity contribution in [2.45, 2.75) is 53.1 Å². The molecule has 2 aromatic heterocycles. The Balaban J connectivity index is 1.83. The Morgan fingerprint density at radius 3 is 2.48 bits per heavy atom. The lowest BCUT2D eigenvalue weighted by Gasteiger charge is -2.22. The van der Waals surface area contributed by atoms with Crippen LogP contribution in [0.2, 0.25) is 0 Å². The van der Waals surface area contributed by atoms with Crippen LogP contribution in [-0.2, 0) is 25.1 Å². The van der Waals surface area contributed by atoms with E-state index >= 15 is 0 Å². The van der Waals surface area contributed by atoms with E-state index in [0.717, 1.165) is 0 Å². The van der Waals surface area contributed by atoms with Gasteiger partial charge in [-0.25, -0.2) is 15.0 Å². The Labute approximate surface area is 147 Å². The van der Waals surface area contributed by atoms with Gasteiger partial charge in [0.1, 0.15) is 18.6 Å². The Morgan fingerprint density at radius 1 is 1.16 bits per heavy atom. The van der Waals surface area contributed by atoms with Crippen molar-refractivity contribution in [3.05, 3.63) is 12.7 Å². The Morgan fingerprint density at radius 2 is 1.84 bits per heavy atom. The van der Waals surface area contributed by atoms with E-state index in [9.17, 15) is 4.57 Å². The van der Waals surface area contributed by atoms with E-state index in [1.807, 2.05) is 27.7 Å². The zero-order valence-electron chi connectivity index (χ0n) is 15.1. The zero-order chi connectivity index (χ0) is 18.4. The number of ether oxygens (including phenoxy) is 1. The Kier molecular flexibility index (Phi) is 6.89. The zero-order valence-corrected chi connectivity index (χ0v) is 16.0. The molecular weight excluding hydrogens is 345 g/mol. The molecule has 0 radical (unpaired) electrons. The van der Waals surface area contributed by atoms with Crippen LogP contribution in [0, 0.1) is 0 Å². The van der Waals surface area contributed by atoms with Gasteiger partial charge in [-0.2, -0.15) is 0 Å². The van der Waals surface area contributed by atoms with Gasteiger partial charge in [0.25, 0.3) is 0 Å². The summed E-state index contributed by atoms with van der Waals surface area (Å²) in [6, 6.07) is 0. The minimum atomic E-state index is -3.11. The molecule has 0 bridgehead atoms. The summed E-state index contributed by atoms with van der Waals surface area (Å²) >= 11 is 0. The van der Waals surface area contributed by atoms with Gasteiger partial charge in [-0.3, -0.25) is 9.13 Å². The number of hydrogen-bond donors (Lipinski definition) is 1. The van der Waals surface area contributed by atoms with Gasteiger partial charge in [-0.1, -0.05) is 0 Å². The predicted molar refractivity (Wildman–Crippen MR) is 95.2 cm³/mol. The molecule has 2 rings (SSSR count). The smallest absolute Gasteiger partial charge is 0.331 e. The van der Waals surface area contributed by atoms with Crippen molar-refractivity contribution in [2.24, 2.45) is 0 Å². The van der Waals surface area contributed by atoms with Crippen LogP contribution < -0.4 is 5.73 Å². The van der Waals surface area contributed by atoms with Crippen molar-refractivity contribution < 1.29 is 18.3 Å². The van der Waals surface area contributed by atoms with Gasteiger partial charge in [-0.05, 0) is 34.1 Å². The van der Waals surface area contributed by atoms with Gasteiger partial charge in [0.2, 0.25) is 0 Å². The first-order valence-corrected chi connectivity index (χ1v) is 9.98. The number of nitrogen functional groups attached to an aromatic ring is 1. The maximum absolute atomic E-state index is 12.7. The molecule has 10 heteroatoms. The molecule has 0 spiro atoms. The lowest BCUT2D eigenvalue weighted by Crippen LogP contribution is -2.12. The fourth-order valence-electron chi connectivity index (χ4n) is 2.29. The summed E-state index contributed by atoms with van der Waals surface area (Å²) < 4.78 is 31.1. The maximum Gasteiger partial charge on any atom is 0.331 e. The number of anilines is 1. The highest BCUT2D eigenvalue weighted by molar-refractivity contribution is 7.53. The Bertz CT molecular complexity index is 720. The third-order valence-corrected chi connectivity index (χ3v) is 5.47. The van der Waals surface area contributed by atoms with Crippen LogP contribution in [0.5, 0.6) is 0 Å². The van der Waals surface area contributed by atoms with Crippen molar-refractivity contribution in [3.8, 4) is 0 Å². The Hall–Kier alpha value is -1.54. The van der Waals surface area contributed by atoms with Gasteiger partial charge in [0.05, 0.1) is 24.7 Å². The number of nitrogens with zero attached hydrogens (tertiary/aromatic N) is 4. The monoisotopic (exact) mass is 371 g/mol. The molecule has 2 aromatic rings. The van der Waals surface area contributed by atoms with Crippen LogP contribution >= 0.6 is 7.60 Å². The number of fused-ring (bicyclic) bond motifs is 1. The van der Waals surface area contributed by atoms with Crippen molar-refractivity contribution in [1.82, 2.24) is 19.5 Å². The molecular formula is C15H26N5O4P. The molecule has 0 unspecified atom stereocenters. The summed E-state index contributed by atoms with van der Waals surface area (Å²) in [6.45, 7) is 8.03. The van der Waals surface area contributed by atoms with Crippen molar-refractivity contribution >= 4 is 24.6 Å². The lowest BCUT2D eigenvalue weighted by molar-refractivity contribution is 0.0775. The molecule has 0 aromatic carbocycles.